The van der Waals surface area contributed by atoms with E-state index in [9.17, 15) is 4.79 Å². The molecule has 0 amide bonds. The molecule has 0 aliphatic heterocycles. The van der Waals surface area contributed by atoms with Crippen molar-refractivity contribution in [3.63, 3.8) is 0 Å². The number of benzene rings is 4. The van der Waals surface area contributed by atoms with Gasteiger partial charge < -0.3 is 9.47 Å². The first kappa shape index (κ1) is 25.8. The normalized spacial score (nSPS) is 10.9. The number of aryl methyl sites for hydroxylation is 2. The van der Waals surface area contributed by atoms with Crippen molar-refractivity contribution in [3.05, 3.63) is 135 Å². The minimum absolute atomic E-state index is 0.348. The van der Waals surface area contributed by atoms with Crippen molar-refractivity contribution in [3.8, 4) is 23.3 Å². The Morgan fingerprint density at radius 2 is 1.38 bits per heavy atom. The van der Waals surface area contributed by atoms with E-state index in [4.69, 9.17) is 21.1 Å². The molecule has 0 aliphatic rings. The molecule has 37 heavy (non-hydrogen) atoms. The summed E-state index contributed by atoms with van der Waals surface area (Å²) in [7, 11) is 0. The van der Waals surface area contributed by atoms with E-state index in [0.717, 1.165) is 33.4 Å². The highest BCUT2D eigenvalue weighted by atomic mass is 35.5. The van der Waals surface area contributed by atoms with Crippen LogP contribution in [0.4, 0.5) is 0 Å². The maximum absolute atomic E-state index is 11.2. The third-order valence-electron chi connectivity index (χ3n) is 5.69. The van der Waals surface area contributed by atoms with Crippen molar-refractivity contribution in [2.75, 3.05) is 6.61 Å². The predicted octanol–water partition coefficient (Wildman–Crippen LogP) is 7.79. The van der Waals surface area contributed by atoms with Crippen LogP contribution < -0.4 is 9.47 Å². The lowest BCUT2D eigenvalue weighted by molar-refractivity contribution is -0.131. The zero-order valence-electron chi connectivity index (χ0n) is 21.0. The summed E-state index contributed by atoms with van der Waals surface area (Å²) in [5.74, 6) is 7.34. The van der Waals surface area contributed by atoms with Gasteiger partial charge in [0.1, 0.15) is 18.1 Å². The largest absolute Gasteiger partial charge is 0.489 e. The highest BCUT2D eigenvalue weighted by Crippen LogP contribution is 2.27. The fourth-order valence-electron chi connectivity index (χ4n) is 3.75. The van der Waals surface area contributed by atoms with Crippen LogP contribution in [0.15, 0.2) is 97.1 Å². The van der Waals surface area contributed by atoms with Crippen molar-refractivity contribution >= 4 is 23.1 Å². The summed E-state index contributed by atoms with van der Waals surface area (Å²) in [4.78, 5) is 11.2. The molecule has 3 nitrogen and oxygen atoms in total. The van der Waals surface area contributed by atoms with Gasteiger partial charge in [0, 0.05) is 23.1 Å². The fraction of sp³-hybridized carbons (Fsp3) is 0.121. The molecule has 0 fully saturated rings. The molecule has 184 valence electrons. The van der Waals surface area contributed by atoms with E-state index < -0.39 is 0 Å². The molecular weight excluding hydrogens is 480 g/mol. The lowest BCUT2D eigenvalue weighted by atomic mass is 9.97. The zero-order valence-corrected chi connectivity index (χ0v) is 21.8. The van der Waals surface area contributed by atoms with Gasteiger partial charge in [0.15, 0.2) is 0 Å². The molecule has 0 heterocycles. The molecule has 0 unspecified atom stereocenters. The number of ether oxygens (including phenoxy) is 2. The smallest absolute Gasteiger partial charge is 0.308 e. The van der Waals surface area contributed by atoms with E-state index in [0.29, 0.717) is 23.1 Å². The lowest BCUT2D eigenvalue weighted by Crippen LogP contribution is -2.03. The summed E-state index contributed by atoms with van der Waals surface area (Å²) in [5, 5.41) is 0.685. The van der Waals surface area contributed by atoms with Crippen LogP contribution in [0.5, 0.6) is 11.5 Å². The van der Waals surface area contributed by atoms with Gasteiger partial charge in [-0.05, 0) is 96.8 Å². The lowest BCUT2D eigenvalue weighted by Gasteiger charge is -2.11. The van der Waals surface area contributed by atoms with E-state index >= 15 is 0 Å². The van der Waals surface area contributed by atoms with Crippen molar-refractivity contribution in [2.24, 2.45) is 0 Å². The molecule has 0 saturated carbocycles. The summed E-state index contributed by atoms with van der Waals surface area (Å²) in [6.07, 6.45) is 2.05. The number of rotatable bonds is 6. The van der Waals surface area contributed by atoms with Crippen molar-refractivity contribution < 1.29 is 14.3 Å². The molecule has 0 saturated heterocycles. The van der Waals surface area contributed by atoms with Gasteiger partial charge in [0.2, 0.25) is 0 Å². The van der Waals surface area contributed by atoms with Crippen molar-refractivity contribution in [2.45, 2.75) is 20.8 Å². The number of esters is 1. The van der Waals surface area contributed by atoms with E-state index in [2.05, 4.69) is 43.0 Å². The van der Waals surface area contributed by atoms with Crippen molar-refractivity contribution in [1.29, 1.82) is 0 Å². The van der Waals surface area contributed by atoms with Gasteiger partial charge in [0.25, 0.3) is 0 Å². The Balaban J connectivity index is 1.54. The molecule has 0 aliphatic carbocycles. The molecule has 0 atom stereocenters. The monoisotopic (exact) mass is 506 g/mol. The Bertz CT molecular complexity index is 1470. The summed E-state index contributed by atoms with van der Waals surface area (Å²) in [6.45, 7) is 5.69. The highest BCUT2D eigenvalue weighted by Gasteiger charge is 2.07. The first-order chi connectivity index (χ1) is 17.9. The van der Waals surface area contributed by atoms with Crippen LogP contribution in [-0.4, -0.2) is 12.6 Å². The number of halogens is 1. The summed E-state index contributed by atoms with van der Waals surface area (Å²) in [5.41, 5.74) is 7.10. The third-order valence-corrected chi connectivity index (χ3v) is 5.94. The van der Waals surface area contributed by atoms with Crippen LogP contribution in [-0.2, 0) is 4.79 Å². The minimum Gasteiger partial charge on any atom is -0.489 e. The maximum Gasteiger partial charge on any atom is 0.308 e. The van der Waals surface area contributed by atoms with E-state index in [1.54, 1.807) is 12.1 Å². The second kappa shape index (κ2) is 12.1. The molecular formula is C33H27ClO3. The zero-order chi connectivity index (χ0) is 26.2. The highest BCUT2D eigenvalue weighted by molar-refractivity contribution is 6.30. The first-order valence-corrected chi connectivity index (χ1v) is 12.3. The van der Waals surface area contributed by atoms with Crippen LogP contribution in [0, 0.1) is 25.7 Å². The average molecular weight is 507 g/mol. The van der Waals surface area contributed by atoms with E-state index in [-0.39, 0.29) is 5.97 Å². The summed E-state index contributed by atoms with van der Waals surface area (Å²) < 4.78 is 11.2. The summed E-state index contributed by atoms with van der Waals surface area (Å²) >= 11 is 6.13. The number of carbonyl (C=O) groups is 1. The topological polar surface area (TPSA) is 35.5 Å². The van der Waals surface area contributed by atoms with E-state index in [1.165, 1.54) is 12.5 Å². The Labute approximate surface area is 223 Å². The van der Waals surface area contributed by atoms with Crippen molar-refractivity contribution in [1.82, 2.24) is 0 Å². The number of carbonyl (C=O) groups excluding carboxylic acids is 1. The van der Waals surface area contributed by atoms with Crippen LogP contribution in [0.2, 0.25) is 5.02 Å². The Morgan fingerprint density at radius 1 is 0.811 bits per heavy atom. The molecule has 0 N–H and O–H groups in total. The Hall–Kier alpha value is -4.26. The van der Waals surface area contributed by atoms with Crippen LogP contribution in [0.1, 0.15) is 40.3 Å². The minimum atomic E-state index is -0.348. The third kappa shape index (κ3) is 7.36. The second-order valence-electron chi connectivity index (χ2n) is 8.65. The summed E-state index contributed by atoms with van der Waals surface area (Å²) in [6, 6.07) is 29.5. The first-order valence-electron chi connectivity index (χ1n) is 11.9. The van der Waals surface area contributed by atoms with Gasteiger partial charge in [-0.3, -0.25) is 4.79 Å². The Morgan fingerprint density at radius 3 is 1.95 bits per heavy atom. The van der Waals surface area contributed by atoms with Crippen LogP contribution in [0.25, 0.3) is 5.57 Å². The Kier molecular flexibility index (Phi) is 8.46. The number of hydrogen-bond donors (Lipinski definition) is 0. The van der Waals surface area contributed by atoms with Crippen LogP contribution in [0.3, 0.4) is 0 Å². The maximum atomic E-state index is 11.2. The molecule has 0 aromatic heterocycles. The molecule has 0 spiro atoms. The fourth-order valence-corrected chi connectivity index (χ4v) is 3.87. The van der Waals surface area contributed by atoms with Gasteiger partial charge >= 0.3 is 5.97 Å². The SMILES string of the molecule is CC(=O)Oc1ccc(OC/C=C(/c2ccc(Cl)cc2)c2ccc(C#Cc3ccc(C)cc3)cc2)cc1C. The molecule has 4 aromatic carbocycles. The molecule has 0 bridgehead atoms. The molecule has 4 aromatic rings. The number of hydrogen-bond acceptors (Lipinski definition) is 3. The van der Waals surface area contributed by atoms with Gasteiger partial charge in [0.05, 0.1) is 0 Å². The predicted molar refractivity (Wildman–Crippen MR) is 150 cm³/mol. The van der Waals surface area contributed by atoms with Gasteiger partial charge in [-0.2, -0.15) is 0 Å². The molecule has 0 radical (unpaired) electrons. The van der Waals surface area contributed by atoms with Gasteiger partial charge in [-0.25, -0.2) is 0 Å². The average Bonchev–Trinajstić information content (AvgIpc) is 2.89. The second-order valence-corrected chi connectivity index (χ2v) is 9.09. The standard InChI is InChI=1S/C33H27ClO3/c1-23-4-6-26(7-5-23)8-9-27-10-12-28(13-11-27)32(29-14-16-30(34)17-15-29)20-21-36-31-18-19-33(24(2)22-31)37-25(3)35/h4-7,10-20,22H,21H2,1-3H3/b32-20+. The molecule has 4 rings (SSSR count). The van der Waals surface area contributed by atoms with Crippen LogP contribution >= 0.6 is 11.6 Å². The quantitative estimate of drug-likeness (QED) is 0.152. The van der Waals surface area contributed by atoms with Gasteiger partial charge in [-0.15, -0.1) is 0 Å². The molecule has 4 heteroatoms. The van der Waals surface area contributed by atoms with Gasteiger partial charge in [-0.1, -0.05) is 65.4 Å². The van der Waals surface area contributed by atoms with E-state index in [1.807, 2.05) is 67.6 Å².